The van der Waals surface area contributed by atoms with Crippen molar-refractivity contribution in [1.29, 1.82) is 0 Å². The van der Waals surface area contributed by atoms with Crippen molar-refractivity contribution in [2.75, 3.05) is 11.1 Å². The third kappa shape index (κ3) is 3.85. The highest BCUT2D eigenvalue weighted by Gasteiger charge is 2.57. The van der Waals surface area contributed by atoms with E-state index in [1.54, 1.807) is 0 Å². The van der Waals surface area contributed by atoms with Crippen LogP contribution in [0.4, 0.5) is 33.6 Å². The van der Waals surface area contributed by atoms with Crippen LogP contribution in [0.1, 0.15) is 59.4 Å². The first-order valence-electron chi connectivity index (χ1n) is 13.0. The van der Waals surface area contributed by atoms with Crippen molar-refractivity contribution in [2.24, 2.45) is 6.98 Å². The van der Waals surface area contributed by atoms with Crippen molar-refractivity contribution >= 4 is 28.6 Å². The maximum absolute atomic E-state index is 13.7. The van der Waals surface area contributed by atoms with Crippen LogP contribution in [0, 0.1) is 0 Å². The molecule has 2 aliphatic rings. The quantitative estimate of drug-likeness (QED) is 0.339. The van der Waals surface area contributed by atoms with E-state index in [4.69, 9.17) is 14.3 Å². The second-order valence-corrected chi connectivity index (χ2v) is 9.44. The Balaban J connectivity index is 1.46. The average Bonchev–Trinajstić information content (AvgIpc) is 3.33. The van der Waals surface area contributed by atoms with E-state index in [0.29, 0.717) is 10.6 Å². The van der Waals surface area contributed by atoms with E-state index in [2.05, 4.69) is 40.5 Å². The lowest BCUT2D eigenvalue weighted by Gasteiger charge is -2.19. The Labute approximate surface area is 219 Å². The van der Waals surface area contributed by atoms with E-state index in [-0.39, 0.29) is 51.6 Å². The third-order valence-corrected chi connectivity index (χ3v) is 6.68. The predicted octanol–water partition coefficient (Wildman–Crippen LogP) is 3.05. The van der Waals surface area contributed by atoms with Gasteiger partial charge in [-0.2, -0.15) is 27.1 Å². The van der Waals surface area contributed by atoms with Gasteiger partial charge in [0.15, 0.2) is 16.9 Å². The number of nitrogens with two attached hydrogens (primary N) is 1. The molecule has 0 bridgehead atoms. The maximum atomic E-state index is 13.7. The molecule has 1 amide bonds. The molecule has 4 aromatic rings. The van der Waals surface area contributed by atoms with Gasteiger partial charge in [-0.15, -0.1) is 10.2 Å². The molecule has 1 saturated carbocycles. The summed E-state index contributed by atoms with van der Waals surface area (Å²) in [7, 11) is 0. The molecule has 0 saturated heterocycles. The van der Waals surface area contributed by atoms with Gasteiger partial charge >= 0.3 is 12.1 Å². The first-order valence-corrected chi connectivity index (χ1v) is 11.5. The number of nitrogens with one attached hydrogen (secondary N) is 1. The minimum absolute atomic E-state index is 0.0417. The number of alkyl halides is 5. The molecule has 17 heteroatoms. The smallest absolute Gasteiger partial charge is 0.423 e. The summed E-state index contributed by atoms with van der Waals surface area (Å²) in [6.45, 7) is -1.41. The Morgan fingerprint density at radius 2 is 1.97 bits per heavy atom. The number of fused-ring (bicyclic) bond motifs is 2. The van der Waals surface area contributed by atoms with Crippen LogP contribution in [0.25, 0.3) is 22.6 Å². The lowest BCUT2D eigenvalue weighted by Crippen LogP contribution is -2.36. The first-order chi connectivity index (χ1) is 19.5. The number of carbonyl (C=O) groups is 1. The monoisotopic (exact) mass is 553 g/mol. The molecule has 1 atom stereocenters. The molecule has 1 fully saturated rings. The highest BCUT2D eigenvalue weighted by molar-refractivity contribution is 6.08. The minimum atomic E-state index is -5.82. The summed E-state index contributed by atoms with van der Waals surface area (Å²) in [5.41, 5.74) is 4.16. The molecule has 3 N–H and O–H groups in total. The lowest BCUT2D eigenvalue weighted by molar-refractivity contribution is -0.284. The van der Waals surface area contributed by atoms with Crippen LogP contribution in [-0.4, -0.2) is 57.9 Å². The number of aromatic nitrogens is 8. The first kappa shape index (κ1) is 21.6. The van der Waals surface area contributed by atoms with E-state index in [0.717, 1.165) is 19.0 Å². The number of amides is 1. The topological polar surface area (TPSA) is 163 Å². The third-order valence-electron chi connectivity index (χ3n) is 6.68. The number of nitrogens with zero attached hydrogens (tertiary/aromatic N) is 8. The molecular weight excluding hydrogens is 531 g/mol. The molecule has 6 rings (SSSR count). The van der Waals surface area contributed by atoms with E-state index in [9.17, 15) is 26.7 Å². The standard InChI is InChI=1S/C22H19F5N10O2/c1-20(19-36-35-17(39-19)8-3-4-8)11-13(28)32-15(33-14(11)34-18(20)38)12-9-7-29-37(2)16(9)31-10(30-12)5-6-21(23,24)22(25,26)27/h7-8H,3-6H2,1-2H3,(H3,28,32,33,34,38)/i2D3. The number of hydrogen-bond donors (Lipinski definition) is 2. The van der Waals surface area contributed by atoms with Gasteiger partial charge in [-0.25, -0.2) is 19.9 Å². The summed E-state index contributed by atoms with van der Waals surface area (Å²) in [5.74, 6) is -6.40. The lowest BCUT2D eigenvalue weighted by atomic mass is 9.84. The number of hydrogen-bond acceptors (Lipinski definition) is 10. The molecule has 0 spiro atoms. The van der Waals surface area contributed by atoms with Crippen LogP contribution in [-0.2, 0) is 23.6 Å². The summed E-state index contributed by atoms with van der Waals surface area (Å²) < 4.78 is 95.0. The van der Waals surface area contributed by atoms with Gasteiger partial charge in [-0.05, 0) is 19.8 Å². The summed E-state index contributed by atoms with van der Waals surface area (Å²) in [4.78, 5) is 29.7. The van der Waals surface area contributed by atoms with Crippen molar-refractivity contribution < 1.29 is 35.3 Å². The van der Waals surface area contributed by atoms with Gasteiger partial charge in [0.1, 0.15) is 23.2 Å². The van der Waals surface area contributed by atoms with Gasteiger partial charge in [0, 0.05) is 29.8 Å². The molecule has 204 valence electrons. The van der Waals surface area contributed by atoms with Gasteiger partial charge < -0.3 is 15.5 Å². The average molecular weight is 553 g/mol. The molecule has 39 heavy (non-hydrogen) atoms. The highest BCUT2D eigenvalue weighted by Crippen LogP contribution is 2.46. The molecular formula is C22H19F5N10O2. The second-order valence-electron chi connectivity index (χ2n) is 9.44. The fraction of sp³-hybridized carbons (Fsp3) is 0.455. The molecule has 0 aromatic carbocycles. The molecule has 12 nitrogen and oxygen atoms in total. The zero-order valence-corrected chi connectivity index (χ0v) is 19.8. The van der Waals surface area contributed by atoms with Crippen molar-refractivity contribution in [3.63, 3.8) is 0 Å². The highest BCUT2D eigenvalue weighted by atomic mass is 19.4. The summed E-state index contributed by atoms with van der Waals surface area (Å²) in [6, 6.07) is 0. The van der Waals surface area contributed by atoms with Gasteiger partial charge in [0.2, 0.25) is 17.7 Å². The van der Waals surface area contributed by atoms with Crippen LogP contribution in [0.3, 0.4) is 0 Å². The Morgan fingerprint density at radius 1 is 1.21 bits per heavy atom. The Kier molecular flexibility index (Phi) is 4.48. The van der Waals surface area contributed by atoms with Crippen LogP contribution >= 0.6 is 0 Å². The fourth-order valence-electron chi connectivity index (χ4n) is 4.30. The minimum Gasteiger partial charge on any atom is -0.423 e. The molecule has 0 radical (unpaired) electrons. The number of halogens is 5. The number of rotatable bonds is 6. The SMILES string of the molecule is [2H]C([2H])([2H])n1ncc2c(-c3nc(N)c4c(n3)NC(=O)C4(C)c3nnc(C4CC4)o3)nc(CCC(F)(F)C(F)(F)F)nc21. The molecule has 1 aliphatic heterocycles. The summed E-state index contributed by atoms with van der Waals surface area (Å²) >= 11 is 0. The van der Waals surface area contributed by atoms with Crippen LogP contribution in [0.2, 0.25) is 0 Å². The van der Waals surface area contributed by atoms with E-state index in [1.807, 2.05) is 0 Å². The van der Waals surface area contributed by atoms with Gasteiger partial charge in [0.05, 0.1) is 17.1 Å². The van der Waals surface area contributed by atoms with Crippen LogP contribution in [0.5, 0.6) is 0 Å². The summed E-state index contributed by atoms with van der Waals surface area (Å²) in [5, 5.41) is 14.3. The largest absolute Gasteiger partial charge is 0.453 e. The number of nitrogen functional groups attached to an aromatic ring is 1. The molecule has 1 unspecified atom stereocenters. The Hall–Kier alpha value is -4.31. The zero-order chi connectivity index (χ0) is 30.4. The van der Waals surface area contributed by atoms with Crippen molar-refractivity contribution in [1.82, 2.24) is 39.9 Å². The van der Waals surface area contributed by atoms with Crippen LogP contribution in [0.15, 0.2) is 10.6 Å². The zero-order valence-electron chi connectivity index (χ0n) is 22.8. The van der Waals surface area contributed by atoms with E-state index < -0.39 is 49.1 Å². The second kappa shape index (κ2) is 8.09. The number of aryl methyl sites for hydroxylation is 2. The van der Waals surface area contributed by atoms with E-state index >= 15 is 0 Å². The predicted molar refractivity (Wildman–Crippen MR) is 122 cm³/mol. The Bertz CT molecular complexity index is 1750. The fourth-order valence-corrected chi connectivity index (χ4v) is 4.30. The van der Waals surface area contributed by atoms with Gasteiger partial charge in [0.25, 0.3) is 0 Å². The Morgan fingerprint density at radius 3 is 2.67 bits per heavy atom. The maximum Gasteiger partial charge on any atom is 0.453 e. The van der Waals surface area contributed by atoms with Crippen molar-refractivity contribution in [3.05, 3.63) is 29.4 Å². The molecule has 4 aromatic heterocycles. The van der Waals surface area contributed by atoms with Gasteiger partial charge in [-0.1, -0.05) is 0 Å². The van der Waals surface area contributed by atoms with Crippen LogP contribution < -0.4 is 11.1 Å². The number of carbonyl (C=O) groups excluding carboxylic acids is 1. The summed E-state index contributed by atoms with van der Waals surface area (Å²) in [6.07, 6.45) is -5.72. The normalized spacial score (nSPS) is 21.0. The van der Waals surface area contributed by atoms with E-state index in [1.165, 1.54) is 6.92 Å². The van der Waals surface area contributed by atoms with Gasteiger partial charge in [-0.3, -0.25) is 9.48 Å². The molecule has 1 aliphatic carbocycles. The number of anilines is 2. The van der Waals surface area contributed by atoms with Crippen molar-refractivity contribution in [2.45, 2.75) is 56.0 Å². The molecule has 5 heterocycles. The van der Waals surface area contributed by atoms with Crippen molar-refractivity contribution in [3.8, 4) is 11.5 Å².